The molecule has 0 heterocycles. The van der Waals surface area contributed by atoms with Gasteiger partial charge in [-0.25, -0.2) is 4.79 Å². The number of esters is 1. The summed E-state index contributed by atoms with van der Waals surface area (Å²) in [5, 5.41) is 0. The number of hydrogen-bond acceptors (Lipinski definition) is 2. The van der Waals surface area contributed by atoms with Gasteiger partial charge < -0.3 is 4.74 Å². The third kappa shape index (κ3) is 4.93. The van der Waals surface area contributed by atoms with Crippen LogP contribution >= 0.6 is 0 Å². The zero-order chi connectivity index (χ0) is 11.1. The molecule has 0 bridgehead atoms. The molecule has 0 aliphatic carbocycles. The SMILES string of the molecule is C=CC(=C)OC(=O)C(=C)/C=C\C(=C)C. The van der Waals surface area contributed by atoms with Crippen molar-refractivity contribution in [2.24, 2.45) is 0 Å². The zero-order valence-electron chi connectivity index (χ0n) is 8.38. The topological polar surface area (TPSA) is 26.3 Å². The van der Waals surface area contributed by atoms with Gasteiger partial charge in [-0.1, -0.05) is 38.0 Å². The maximum Gasteiger partial charge on any atom is 0.342 e. The predicted octanol–water partition coefficient (Wildman–Crippen LogP) is 2.92. The minimum atomic E-state index is -0.535. The van der Waals surface area contributed by atoms with Crippen LogP contribution in [0.25, 0.3) is 0 Å². The first kappa shape index (κ1) is 12.2. The predicted molar refractivity (Wildman–Crippen MR) is 58.5 cm³/mol. The van der Waals surface area contributed by atoms with Gasteiger partial charge in [0, 0.05) is 0 Å². The maximum atomic E-state index is 11.2. The molecule has 0 saturated heterocycles. The van der Waals surface area contributed by atoms with Crippen molar-refractivity contribution >= 4 is 5.97 Å². The summed E-state index contributed by atoms with van der Waals surface area (Å²) in [6, 6.07) is 0. The molecule has 0 radical (unpaired) electrons. The molecule has 0 amide bonds. The van der Waals surface area contributed by atoms with Gasteiger partial charge >= 0.3 is 5.97 Å². The lowest BCUT2D eigenvalue weighted by Gasteiger charge is -2.02. The Morgan fingerprint density at radius 2 is 1.79 bits per heavy atom. The van der Waals surface area contributed by atoms with E-state index in [4.69, 9.17) is 4.74 Å². The maximum absolute atomic E-state index is 11.2. The van der Waals surface area contributed by atoms with Crippen LogP contribution in [0.2, 0.25) is 0 Å². The number of ether oxygens (including phenoxy) is 1. The minimum Gasteiger partial charge on any atom is -0.424 e. The Labute approximate surface area is 84.6 Å². The summed E-state index contributed by atoms with van der Waals surface area (Å²) < 4.78 is 4.76. The molecule has 14 heavy (non-hydrogen) atoms. The van der Waals surface area contributed by atoms with Gasteiger partial charge in [-0.05, 0) is 19.1 Å². The van der Waals surface area contributed by atoms with Gasteiger partial charge in [-0.2, -0.15) is 0 Å². The van der Waals surface area contributed by atoms with Gasteiger partial charge in [0.2, 0.25) is 0 Å². The smallest absolute Gasteiger partial charge is 0.342 e. The fourth-order valence-corrected chi connectivity index (χ4v) is 0.537. The molecule has 0 saturated carbocycles. The zero-order valence-corrected chi connectivity index (χ0v) is 8.38. The summed E-state index contributed by atoms with van der Waals surface area (Å²) in [7, 11) is 0. The van der Waals surface area contributed by atoms with Crippen LogP contribution < -0.4 is 0 Å². The van der Waals surface area contributed by atoms with Gasteiger partial charge in [0.1, 0.15) is 5.76 Å². The normalized spacial score (nSPS) is 9.50. The third-order valence-electron chi connectivity index (χ3n) is 1.28. The molecule has 0 spiro atoms. The van der Waals surface area contributed by atoms with Crippen LogP contribution in [-0.4, -0.2) is 5.97 Å². The lowest BCUT2D eigenvalue weighted by Crippen LogP contribution is -2.03. The standard InChI is InChI=1S/C12H14O2/c1-6-11(5)14-12(13)10(4)8-7-9(2)3/h6-8H,1-2,4-5H2,3H3/b8-7-. The van der Waals surface area contributed by atoms with Crippen LogP contribution in [0.15, 0.2) is 61.4 Å². The van der Waals surface area contributed by atoms with Crippen LogP contribution in [-0.2, 0) is 9.53 Å². The lowest BCUT2D eigenvalue weighted by atomic mass is 10.2. The van der Waals surface area contributed by atoms with E-state index in [1.165, 1.54) is 6.08 Å². The van der Waals surface area contributed by atoms with E-state index in [2.05, 4.69) is 26.3 Å². The highest BCUT2D eigenvalue weighted by Crippen LogP contribution is 2.04. The Hall–Kier alpha value is -1.83. The molecular weight excluding hydrogens is 176 g/mol. The molecule has 0 rings (SSSR count). The number of allylic oxidation sites excluding steroid dienone is 3. The Kier molecular flexibility index (Phi) is 5.00. The number of carbonyl (C=O) groups is 1. The van der Waals surface area contributed by atoms with Crippen molar-refractivity contribution in [2.45, 2.75) is 6.92 Å². The molecule has 2 nitrogen and oxygen atoms in total. The second-order valence-electron chi connectivity index (χ2n) is 2.76. The van der Waals surface area contributed by atoms with E-state index < -0.39 is 5.97 Å². The number of carbonyl (C=O) groups excluding carboxylic acids is 1. The summed E-state index contributed by atoms with van der Waals surface area (Å²) in [5.41, 5.74) is 1.08. The van der Waals surface area contributed by atoms with E-state index in [9.17, 15) is 4.79 Å². The van der Waals surface area contributed by atoms with Crippen molar-refractivity contribution in [3.05, 3.63) is 61.4 Å². The van der Waals surface area contributed by atoms with E-state index in [-0.39, 0.29) is 11.3 Å². The highest BCUT2D eigenvalue weighted by atomic mass is 16.5. The van der Waals surface area contributed by atoms with E-state index in [0.29, 0.717) is 0 Å². The Bertz CT molecular complexity index is 319. The van der Waals surface area contributed by atoms with Crippen molar-refractivity contribution in [2.75, 3.05) is 0 Å². The van der Waals surface area contributed by atoms with Gasteiger partial charge in [0.15, 0.2) is 0 Å². The Morgan fingerprint density at radius 1 is 1.21 bits per heavy atom. The average molecular weight is 190 g/mol. The van der Waals surface area contributed by atoms with Crippen molar-refractivity contribution in [1.29, 1.82) is 0 Å². The molecule has 0 atom stereocenters. The molecule has 0 fully saturated rings. The molecule has 2 heteroatoms. The monoisotopic (exact) mass is 190 g/mol. The second kappa shape index (κ2) is 5.75. The molecule has 0 aromatic rings. The Balaban J connectivity index is 4.27. The summed E-state index contributed by atoms with van der Waals surface area (Å²) in [6.45, 7) is 15.9. The van der Waals surface area contributed by atoms with Crippen LogP contribution in [0, 0.1) is 0 Å². The highest BCUT2D eigenvalue weighted by Gasteiger charge is 2.05. The van der Waals surface area contributed by atoms with E-state index in [1.807, 2.05) is 6.92 Å². The fraction of sp³-hybridized carbons (Fsp3) is 0.0833. The number of rotatable bonds is 5. The van der Waals surface area contributed by atoms with Crippen LogP contribution in [0.4, 0.5) is 0 Å². The van der Waals surface area contributed by atoms with Gasteiger partial charge in [0.25, 0.3) is 0 Å². The molecule has 0 aliphatic heterocycles. The van der Waals surface area contributed by atoms with Gasteiger partial charge in [-0.15, -0.1) is 0 Å². The molecule has 0 aliphatic rings. The molecular formula is C12H14O2. The summed E-state index contributed by atoms with van der Waals surface area (Å²) in [4.78, 5) is 11.2. The summed E-state index contributed by atoms with van der Waals surface area (Å²) >= 11 is 0. The molecule has 74 valence electrons. The second-order valence-corrected chi connectivity index (χ2v) is 2.76. The molecule has 0 aromatic heterocycles. The first-order valence-electron chi connectivity index (χ1n) is 4.03. The van der Waals surface area contributed by atoms with Crippen molar-refractivity contribution in [3.63, 3.8) is 0 Å². The Morgan fingerprint density at radius 3 is 2.21 bits per heavy atom. The number of hydrogen-bond donors (Lipinski definition) is 0. The van der Waals surface area contributed by atoms with Crippen LogP contribution in [0.1, 0.15) is 6.92 Å². The molecule has 0 N–H and O–H groups in total. The van der Waals surface area contributed by atoms with Crippen LogP contribution in [0.5, 0.6) is 0 Å². The van der Waals surface area contributed by atoms with E-state index in [1.54, 1.807) is 12.2 Å². The average Bonchev–Trinajstić information content (AvgIpc) is 2.13. The molecule has 0 unspecified atom stereocenters. The van der Waals surface area contributed by atoms with Crippen molar-refractivity contribution in [1.82, 2.24) is 0 Å². The van der Waals surface area contributed by atoms with Crippen molar-refractivity contribution in [3.8, 4) is 0 Å². The fourth-order valence-electron chi connectivity index (χ4n) is 0.537. The van der Waals surface area contributed by atoms with Gasteiger partial charge in [-0.3, -0.25) is 0 Å². The molecule has 0 aromatic carbocycles. The third-order valence-corrected chi connectivity index (χ3v) is 1.28. The largest absolute Gasteiger partial charge is 0.424 e. The van der Waals surface area contributed by atoms with E-state index in [0.717, 1.165) is 5.57 Å². The first-order chi connectivity index (χ1) is 6.47. The van der Waals surface area contributed by atoms with Crippen molar-refractivity contribution < 1.29 is 9.53 Å². The summed E-state index contributed by atoms with van der Waals surface area (Å²) in [6.07, 6.45) is 4.58. The minimum absolute atomic E-state index is 0.208. The summed E-state index contributed by atoms with van der Waals surface area (Å²) in [5.74, 6) is -0.327. The highest BCUT2D eigenvalue weighted by molar-refractivity contribution is 5.91. The lowest BCUT2D eigenvalue weighted by molar-refractivity contribution is -0.134. The quantitative estimate of drug-likeness (QED) is 0.288. The van der Waals surface area contributed by atoms with Crippen LogP contribution in [0.3, 0.4) is 0 Å². The first-order valence-corrected chi connectivity index (χ1v) is 4.03. The van der Waals surface area contributed by atoms with Gasteiger partial charge in [0.05, 0.1) is 5.57 Å². The van der Waals surface area contributed by atoms with E-state index >= 15 is 0 Å².